The van der Waals surface area contributed by atoms with E-state index in [-0.39, 0.29) is 0 Å². The van der Waals surface area contributed by atoms with Crippen LogP contribution in [0.4, 0.5) is 0 Å². The van der Waals surface area contributed by atoms with Crippen LogP contribution < -0.4 is 21.9 Å². The number of hydrogen-bond donors (Lipinski definition) is 0. The van der Waals surface area contributed by atoms with Crippen molar-refractivity contribution in [1.29, 1.82) is 0 Å². The predicted octanol–water partition coefficient (Wildman–Crippen LogP) is 4.91. The van der Waals surface area contributed by atoms with E-state index in [4.69, 9.17) is 0 Å². The minimum Gasteiger partial charge on any atom is -0.317 e. The molecule has 0 amide bonds. The van der Waals surface area contributed by atoms with Crippen molar-refractivity contribution in [2.45, 2.75) is 0 Å². The molecule has 0 spiro atoms. The molecule has 0 N–H and O–H groups in total. The van der Waals surface area contributed by atoms with Gasteiger partial charge in [-0.3, -0.25) is 4.90 Å². The van der Waals surface area contributed by atoms with Gasteiger partial charge in [-0.15, -0.1) is 0 Å². The summed E-state index contributed by atoms with van der Waals surface area (Å²) < 4.78 is 1.27. The van der Waals surface area contributed by atoms with Crippen molar-refractivity contribution >= 4 is 33.6 Å². The summed E-state index contributed by atoms with van der Waals surface area (Å²) in [6, 6.07) is 54.2. The molecule has 42 heavy (non-hydrogen) atoms. The van der Waals surface area contributed by atoms with Crippen LogP contribution in [0.5, 0.6) is 0 Å². The van der Waals surface area contributed by atoms with Gasteiger partial charge in [-0.05, 0) is 5.56 Å². The van der Waals surface area contributed by atoms with Gasteiger partial charge < -0.3 is 4.48 Å². The van der Waals surface area contributed by atoms with Gasteiger partial charge in [0.25, 0.3) is 0 Å². The standard InChI is InChI=1S/C24H20B.C15H21N2/c1-5-13-21(14-6-1)25(22-15-7-2-8-16-22,23-17-9-3-10-18-23)24-19-11-4-12-20-24;1-14(15-5-3-2-4-6-15)13-17-10-7-16(8-11-17)9-12-17/h1-20H;2-6H,1,7-13H2/q-1;+1. The zero-order valence-electron chi connectivity index (χ0n) is 24.6. The van der Waals surface area contributed by atoms with E-state index in [9.17, 15) is 0 Å². The summed E-state index contributed by atoms with van der Waals surface area (Å²) in [5.74, 6) is 0. The number of benzene rings is 5. The van der Waals surface area contributed by atoms with Crippen LogP contribution in [0.25, 0.3) is 5.57 Å². The van der Waals surface area contributed by atoms with Crippen molar-refractivity contribution in [3.63, 3.8) is 0 Å². The summed E-state index contributed by atoms with van der Waals surface area (Å²) in [7, 11) is 0. The van der Waals surface area contributed by atoms with Crippen molar-refractivity contribution in [3.8, 4) is 0 Å². The molecule has 3 fully saturated rings. The maximum Gasteiger partial charge on any atom is 0.108 e. The van der Waals surface area contributed by atoms with Gasteiger partial charge in [0.05, 0.1) is 19.6 Å². The molecule has 0 unspecified atom stereocenters. The number of quaternary nitrogens is 1. The van der Waals surface area contributed by atoms with Gasteiger partial charge in [0.2, 0.25) is 0 Å². The lowest BCUT2D eigenvalue weighted by Crippen LogP contribution is -2.74. The largest absolute Gasteiger partial charge is 0.317 e. The molecule has 3 saturated heterocycles. The molecule has 3 aliphatic rings. The minimum absolute atomic E-state index is 1.14. The fourth-order valence-electron chi connectivity index (χ4n) is 7.26. The third-order valence-corrected chi connectivity index (χ3v) is 9.58. The van der Waals surface area contributed by atoms with Gasteiger partial charge in [-0.25, -0.2) is 0 Å². The first-order valence-corrected chi connectivity index (χ1v) is 15.4. The second-order valence-corrected chi connectivity index (χ2v) is 12.0. The summed E-state index contributed by atoms with van der Waals surface area (Å²) in [6.45, 7) is 13.2. The summed E-state index contributed by atoms with van der Waals surface area (Å²) in [6.07, 6.45) is -1.22. The first-order valence-electron chi connectivity index (χ1n) is 15.4. The van der Waals surface area contributed by atoms with Crippen LogP contribution in [0.1, 0.15) is 5.56 Å². The monoisotopic (exact) mass is 548 g/mol. The zero-order chi connectivity index (χ0) is 28.7. The maximum atomic E-state index is 4.30. The van der Waals surface area contributed by atoms with E-state index in [0.717, 1.165) is 6.54 Å². The predicted molar refractivity (Wildman–Crippen MR) is 182 cm³/mol. The number of rotatable bonds is 7. The summed E-state index contributed by atoms with van der Waals surface area (Å²) in [5, 5.41) is 0. The molecular weight excluding hydrogens is 507 g/mol. The maximum absolute atomic E-state index is 4.30. The second-order valence-electron chi connectivity index (χ2n) is 12.0. The van der Waals surface area contributed by atoms with Crippen LogP contribution in [0, 0.1) is 0 Å². The quantitative estimate of drug-likeness (QED) is 0.207. The van der Waals surface area contributed by atoms with Crippen LogP contribution in [0.3, 0.4) is 0 Å². The Labute approximate surface area is 252 Å². The van der Waals surface area contributed by atoms with Gasteiger partial charge >= 0.3 is 0 Å². The lowest BCUT2D eigenvalue weighted by Gasteiger charge is -2.50. The van der Waals surface area contributed by atoms with Gasteiger partial charge in [0, 0.05) is 25.2 Å². The number of fused-ring (bicyclic) bond motifs is 3. The molecule has 3 aliphatic heterocycles. The molecule has 3 heterocycles. The van der Waals surface area contributed by atoms with Crippen LogP contribution in [0.15, 0.2) is 158 Å². The minimum atomic E-state index is -1.22. The van der Waals surface area contributed by atoms with E-state index in [1.807, 2.05) is 0 Å². The molecule has 5 aromatic carbocycles. The fourth-order valence-corrected chi connectivity index (χ4v) is 7.26. The van der Waals surface area contributed by atoms with E-state index >= 15 is 0 Å². The highest BCUT2D eigenvalue weighted by Crippen LogP contribution is 2.24. The van der Waals surface area contributed by atoms with Crippen LogP contribution in [-0.2, 0) is 0 Å². The first-order chi connectivity index (χ1) is 20.7. The Balaban J connectivity index is 0.000000162. The number of hydrogen-bond acceptors (Lipinski definition) is 1. The molecule has 2 bridgehead atoms. The van der Waals surface area contributed by atoms with Crippen molar-refractivity contribution < 1.29 is 4.48 Å². The van der Waals surface area contributed by atoms with E-state index in [1.165, 1.54) is 76.7 Å². The lowest BCUT2D eigenvalue weighted by molar-refractivity contribution is -0.934. The second kappa shape index (κ2) is 12.8. The SMILES string of the molecule is C=C(C[N+]12CCN(CC1)CC2)c1ccccc1.c1ccc([B-](c2ccccc2)(c2ccccc2)c2ccccc2)cc1. The highest BCUT2D eigenvalue weighted by Gasteiger charge is 2.38. The third kappa shape index (κ3) is 5.76. The number of nitrogens with zero attached hydrogens (tertiary/aromatic N) is 2. The van der Waals surface area contributed by atoms with Crippen LogP contribution >= 0.6 is 0 Å². The Kier molecular flexibility index (Phi) is 8.51. The van der Waals surface area contributed by atoms with E-state index in [2.05, 4.69) is 163 Å². The average Bonchev–Trinajstić information content (AvgIpc) is 3.08. The highest BCUT2D eigenvalue weighted by atomic mass is 15.4. The van der Waals surface area contributed by atoms with E-state index in [1.54, 1.807) is 0 Å². The van der Waals surface area contributed by atoms with Gasteiger partial charge in [-0.2, -0.15) is 21.9 Å². The Bertz CT molecular complexity index is 1370. The molecule has 0 aromatic heterocycles. The van der Waals surface area contributed by atoms with Gasteiger partial charge in [-0.1, -0.05) is 158 Å². The topological polar surface area (TPSA) is 3.24 Å². The zero-order valence-corrected chi connectivity index (χ0v) is 24.6. The van der Waals surface area contributed by atoms with Crippen LogP contribution in [-0.4, -0.2) is 61.3 Å². The lowest BCUT2D eigenvalue weighted by atomic mass is 9.13. The smallest absolute Gasteiger partial charge is 0.108 e. The van der Waals surface area contributed by atoms with Crippen molar-refractivity contribution in [1.82, 2.24) is 4.90 Å². The molecule has 3 heteroatoms. The van der Waals surface area contributed by atoms with Gasteiger partial charge in [0.1, 0.15) is 12.7 Å². The fraction of sp³-hybridized carbons (Fsp3) is 0.179. The van der Waals surface area contributed by atoms with E-state index in [0.29, 0.717) is 0 Å². The Morgan fingerprint density at radius 2 is 0.810 bits per heavy atom. The normalized spacial score (nSPS) is 19.4. The summed E-state index contributed by atoms with van der Waals surface area (Å²) in [4.78, 5) is 2.59. The van der Waals surface area contributed by atoms with Gasteiger partial charge in [0.15, 0.2) is 0 Å². The molecule has 5 aromatic rings. The molecule has 0 radical (unpaired) electrons. The number of piperazine rings is 3. The molecule has 0 aliphatic carbocycles. The average molecular weight is 549 g/mol. The molecular formula is C39H41BN2. The summed E-state index contributed by atoms with van der Waals surface area (Å²) >= 11 is 0. The van der Waals surface area contributed by atoms with Crippen molar-refractivity contribution in [2.75, 3.05) is 45.8 Å². The Hall–Kier alpha value is -4.18. The van der Waals surface area contributed by atoms with Crippen LogP contribution in [0.2, 0.25) is 0 Å². The Morgan fingerprint density at radius 1 is 0.500 bits per heavy atom. The van der Waals surface area contributed by atoms with Crippen molar-refractivity contribution in [3.05, 3.63) is 164 Å². The summed E-state index contributed by atoms with van der Waals surface area (Å²) in [5.41, 5.74) is 7.98. The molecule has 0 saturated carbocycles. The van der Waals surface area contributed by atoms with Crippen molar-refractivity contribution in [2.24, 2.45) is 0 Å². The Morgan fingerprint density at radius 3 is 1.14 bits per heavy atom. The molecule has 0 atom stereocenters. The molecule has 8 rings (SSSR count). The highest BCUT2D eigenvalue weighted by molar-refractivity contribution is 7.19. The third-order valence-electron chi connectivity index (χ3n) is 9.58. The van der Waals surface area contributed by atoms with E-state index < -0.39 is 6.15 Å². The molecule has 210 valence electrons. The molecule has 2 nitrogen and oxygen atoms in total. The first kappa shape index (κ1) is 28.0.